The first kappa shape index (κ1) is 19.5. The van der Waals surface area contributed by atoms with Crippen LogP contribution in [0.15, 0.2) is 83.5 Å². The molecule has 0 spiro atoms. The van der Waals surface area contributed by atoms with Crippen molar-refractivity contribution >= 4 is 39.7 Å². The number of rotatable bonds is 4. The first-order chi connectivity index (χ1) is 16.2. The van der Waals surface area contributed by atoms with E-state index < -0.39 is 0 Å². The molecule has 0 unspecified atom stereocenters. The number of hydrogen-bond acceptors (Lipinski definition) is 5. The number of hydrogen-bond donors (Lipinski definition) is 1. The molecule has 1 saturated heterocycles. The van der Waals surface area contributed by atoms with E-state index >= 15 is 0 Å². The Morgan fingerprint density at radius 1 is 0.909 bits per heavy atom. The van der Waals surface area contributed by atoms with Gasteiger partial charge in [0.15, 0.2) is 5.58 Å². The van der Waals surface area contributed by atoms with Crippen LogP contribution in [-0.4, -0.2) is 33.5 Å². The molecule has 33 heavy (non-hydrogen) atoms. The molecule has 1 aliphatic heterocycles. The fraction of sp³-hybridized carbons (Fsp3) is 0.192. The highest BCUT2D eigenvalue weighted by Gasteiger charge is 2.27. The molecule has 0 radical (unpaired) electrons. The molecular weight excluding hydrogens is 414 g/mol. The van der Waals surface area contributed by atoms with Crippen LogP contribution in [0, 0.1) is 5.92 Å². The number of fused-ring (bicyclic) bond motifs is 2. The van der Waals surface area contributed by atoms with Crippen molar-refractivity contribution in [1.82, 2.24) is 14.5 Å². The number of carbonyl (C=O) groups excluding carboxylic acids is 1. The van der Waals surface area contributed by atoms with Crippen LogP contribution in [0.3, 0.4) is 0 Å². The molecule has 1 amide bonds. The Bertz CT molecular complexity index is 1400. The Morgan fingerprint density at radius 2 is 1.64 bits per heavy atom. The zero-order valence-corrected chi connectivity index (χ0v) is 18.0. The van der Waals surface area contributed by atoms with Crippen molar-refractivity contribution in [3.63, 3.8) is 0 Å². The molecule has 0 saturated carbocycles. The van der Waals surface area contributed by atoms with Crippen LogP contribution in [0.4, 0.5) is 11.7 Å². The van der Waals surface area contributed by atoms with Gasteiger partial charge in [-0.1, -0.05) is 24.3 Å². The van der Waals surface area contributed by atoms with Crippen molar-refractivity contribution in [2.24, 2.45) is 5.92 Å². The van der Waals surface area contributed by atoms with Crippen LogP contribution < -0.4 is 10.2 Å². The highest BCUT2D eigenvalue weighted by atomic mass is 16.4. The molecule has 0 bridgehead atoms. The lowest BCUT2D eigenvalue weighted by atomic mass is 9.96. The number of nitrogens with one attached hydrogen (secondary N) is 1. The van der Waals surface area contributed by atoms with Crippen molar-refractivity contribution in [2.45, 2.75) is 12.8 Å². The Kier molecular flexibility index (Phi) is 4.79. The minimum atomic E-state index is -0.0251. The number of oxazole rings is 1. The Balaban J connectivity index is 1.09. The number of nitrogens with zero attached hydrogens (tertiary/aromatic N) is 4. The smallest absolute Gasteiger partial charge is 0.298 e. The third-order valence-corrected chi connectivity index (χ3v) is 6.29. The number of amides is 1. The van der Waals surface area contributed by atoms with E-state index in [9.17, 15) is 4.79 Å². The Labute approximate surface area is 190 Å². The second kappa shape index (κ2) is 8.09. The number of para-hydroxylation sites is 4. The SMILES string of the molecule is O=C(Nc1ccc(-n2cnc3ccccc32)cc1)C1CCN(c2nc3ccccc3o2)CC1. The zero-order chi connectivity index (χ0) is 22.2. The van der Waals surface area contributed by atoms with E-state index in [-0.39, 0.29) is 11.8 Å². The van der Waals surface area contributed by atoms with E-state index in [1.165, 1.54) is 0 Å². The molecule has 6 rings (SSSR count). The van der Waals surface area contributed by atoms with Gasteiger partial charge in [-0.3, -0.25) is 9.36 Å². The fourth-order valence-corrected chi connectivity index (χ4v) is 4.44. The van der Waals surface area contributed by atoms with E-state index in [2.05, 4.69) is 20.2 Å². The summed E-state index contributed by atoms with van der Waals surface area (Å²) in [5.74, 6) is 0.0379. The maximum absolute atomic E-state index is 12.9. The molecule has 0 aliphatic carbocycles. The van der Waals surface area contributed by atoms with Crippen LogP contribution in [-0.2, 0) is 4.79 Å². The lowest BCUT2D eigenvalue weighted by molar-refractivity contribution is -0.120. The quantitative estimate of drug-likeness (QED) is 0.427. The van der Waals surface area contributed by atoms with Crippen molar-refractivity contribution in [1.29, 1.82) is 0 Å². The Hall–Kier alpha value is -4.13. The van der Waals surface area contributed by atoms with Gasteiger partial charge < -0.3 is 14.6 Å². The molecular formula is C26H23N5O2. The van der Waals surface area contributed by atoms with Crippen molar-refractivity contribution in [3.05, 3.63) is 79.1 Å². The van der Waals surface area contributed by atoms with Gasteiger partial charge in [0.05, 0.1) is 11.0 Å². The second-order valence-corrected chi connectivity index (χ2v) is 8.36. The molecule has 3 aromatic carbocycles. The van der Waals surface area contributed by atoms with E-state index in [1.807, 2.05) is 83.7 Å². The summed E-state index contributed by atoms with van der Waals surface area (Å²) >= 11 is 0. The minimum Gasteiger partial charge on any atom is -0.423 e. The molecule has 5 aromatic rings. The molecule has 0 atom stereocenters. The van der Waals surface area contributed by atoms with Crippen LogP contribution in [0.1, 0.15) is 12.8 Å². The Morgan fingerprint density at radius 3 is 2.42 bits per heavy atom. The lowest BCUT2D eigenvalue weighted by Gasteiger charge is -2.30. The first-order valence-electron chi connectivity index (χ1n) is 11.2. The fourth-order valence-electron chi connectivity index (χ4n) is 4.44. The normalized spacial score (nSPS) is 14.7. The van der Waals surface area contributed by atoms with E-state index in [0.717, 1.165) is 59.4 Å². The molecule has 1 fully saturated rings. The molecule has 7 heteroatoms. The van der Waals surface area contributed by atoms with Crippen molar-refractivity contribution in [3.8, 4) is 5.69 Å². The largest absolute Gasteiger partial charge is 0.423 e. The second-order valence-electron chi connectivity index (χ2n) is 8.36. The predicted octanol–water partition coefficient (Wildman–Crippen LogP) is 5.02. The summed E-state index contributed by atoms with van der Waals surface area (Å²) in [6, 6.07) is 24.3. The summed E-state index contributed by atoms with van der Waals surface area (Å²) in [7, 11) is 0. The van der Waals surface area contributed by atoms with Gasteiger partial charge >= 0.3 is 0 Å². The molecule has 7 nitrogen and oxygen atoms in total. The van der Waals surface area contributed by atoms with Gasteiger partial charge in [-0.2, -0.15) is 4.98 Å². The number of carbonyl (C=O) groups is 1. The van der Waals surface area contributed by atoms with Gasteiger partial charge in [0.2, 0.25) is 5.91 Å². The molecule has 2 aromatic heterocycles. The van der Waals surface area contributed by atoms with Crippen LogP contribution in [0.2, 0.25) is 0 Å². The maximum Gasteiger partial charge on any atom is 0.298 e. The van der Waals surface area contributed by atoms with Gasteiger partial charge in [0.1, 0.15) is 11.8 Å². The first-order valence-corrected chi connectivity index (χ1v) is 11.2. The molecule has 164 valence electrons. The number of imidazole rings is 1. The summed E-state index contributed by atoms with van der Waals surface area (Å²) < 4.78 is 7.92. The van der Waals surface area contributed by atoms with E-state index in [4.69, 9.17) is 4.42 Å². The van der Waals surface area contributed by atoms with Crippen LogP contribution in [0.25, 0.3) is 27.8 Å². The van der Waals surface area contributed by atoms with Gasteiger partial charge in [0, 0.05) is 30.4 Å². The number of aromatic nitrogens is 3. The topological polar surface area (TPSA) is 76.2 Å². The van der Waals surface area contributed by atoms with Crippen molar-refractivity contribution in [2.75, 3.05) is 23.3 Å². The third-order valence-electron chi connectivity index (χ3n) is 6.29. The van der Waals surface area contributed by atoms with Gasteiger partial charge in [-0.05, 0) is 61.4 Å². The monoisotopic (exact) mass is 437 g/mol. The number of piperidine rings is 1. The van der Waals surface area contributed by atoms with Crippen LogP contribution in [0.5, 0.6) is 0 Å². The zero-order valence-electron chi connectivity index (χ0n) is 18.0. The van der Waals surface area contributed by atoms with Gasteiger partial charge in [-0.15, -0.1) is 0 Å². The summed E-state index contributed by atoms with van der Waals surface area (Å²) in [5.41, 5.74) is 5.47. The molecule has 3 heterocycles. The van der Waals surface area contributed by atoms with Gasteiger partial charge in [0.25, 0.3) is 6.01 Å². The predicted molar refractivity (Wildman–Crippen MR) is 129 cm³/mol. The summed E-state index contributed by atoms with van der Waals surface area (Å²) in [6.07, 6.45) is 3.36. The van der Waals surface area contributed by atoms with Crippen LogP contribution >= 0.6 is 0 Å². The van der Waals surface area contributed by atoms with E-state index in [1.54, 1.807) is 0 Å². The minimum absolute atomic E-state index is 0.0251. The number of anilines is 2. The average Bonchev–Trinajstić information content (AvgIpc) is 3.49. The standard InChI is InChI=1S/C26H23N5O2/c32-25(18-13-15-30(16-14-18)26-29-22-6-2-4-8-24(22)33-26)28-19-9-11-20(12-10-19)31-17-27-21-5-1-3-7-23(21)31/h1-12,17-18H,13-16H2,(H,28,32). The highest BCUT2D eigenvalue weighted by molar-refractivity contribution is 5.92. The maximum atomic E-state index is 12.9. The van der Waals surface area contributed by atoms with E-state index in [0.29, 0.717) is 6.01 Å². The number of benzene rings is 3. The molecule has 1 aliphatic rings. The summed E-state index contributed by atoms with van der Waals surface area (Å²) in [5, 5.41) is 3.08. The van der Waals surface area contributed by atoms with Gasteiger partial charge in [-0.25, -0.2) is 4.98 Å². The highest BCUT2D eigenvalue weighted by Crippen LogP contribution is 2.27. The van der Waals surface area contributed by atoms with Crippen molar-refractivity contribution < 1.29 is 9.21 Å². The average molecular weight is 438 g/mol. The lowest BCUT2D eigenvalue weighted by Crippen LogP contribution is -2.38. The summed E-state index contributed by atoms with van der Waals surface area (Å²) in [6.45, 7) is 1.50. The molecule has 1 N–H and O–H groups in total. The summed E-state index contributed by atoms with van der Waals surface area (Å²) in [4.78, 5) is 24.0. The third kappa shape index (κ3) is 3.71.